The quantitative estimate of drug-likeness (QED) is 0.199. The average molecular weight is 605 g/mol. The van der Waals surface area contributed by atoms with E-state index in [1.807, 2.05) is 18.2 Å². The number of benzene rings is 6. The van der Waals surface area contributed by atoms with Crippen LogP contribution in [0.2, 0.25) is 0 Å². The minimum Gasteiger partial charge on any atom is -0.278 e. The Morgan fingerprint density at radius 2 is 0.574 bits per heavy atom. The second kappa shape index (κ2) is 8.95. The molecule has 5 aromatic heterocycles. The SMILES string of the molecule is c1ccc2c(c1)nc1n(-c3ccc(-n4c5nc6ccccc6n5c5ccccc5n5c6ccccc6nc45)cc3)c3ccccc3n21. The first-order valence-electron chi connectivity index (χ1n) is 15.7. The maximum atomic E-state index is 5.23. The van der Waals surface area contributed by atoms with Crippen LogP contribution in [-0.2, 0) is 0 Å². The van der Waals surface area contributed by atoms with Crippen LogP contribution in [0, 0.1) is 0 Å². The molecule has 47 heavy (non-hydrogen) atoms. The standard InChI is InChI=1S/C39H24N8/c1-4-14-30-27(11-1)40-37-43(33-17-7-8-18-34(33)45(30)37)25-21-23-26(24-22-25)44-38-41-28-12-2-5-15-31(28)46(38)35-19-9-10-20-36(35)47-32-16-6-3-13-29(32)42-39(44)47/h1-24H. The fourth-order valence-corrected chi connectivity index (χ4v) is 7.32. The van der Waals surface area contributed by atoms with Gasteiger partial charge in [0.2, 0.25) is 17.3 Å². The predicted molar refractivity (Wildman–Crippen MR) is 188 cm³/mol. The normalized spacial score (nSPS) is 12.3. The third-order valence-corrected chi connectivity index (χ3v) is 9.32. The van der Waals surface area contributed by atoms with Crippen molar-refractivity contribution in [3.05, 3.63) is 146 Å². The van der Waals surface area contributed by atoms with E-state index in [9.17, 15) is 0 Å². The van der Waals surface area contributed by atoms with Gasteiger partial charge >= 0.3 is 0 Å². The zero-order chi connectivity index (χ0) is 30.6. The molecule has 11 rings (SSSR count). The number of nitrogens with zero attached hydrogens (tertiary/aromatic N) is 8. The molecule has 0 amide bonds. The highest BCUT2D eigenvalue weighted by atomic mass is 15.3. The van der Waals surface area contributed by atoms with E-state index in [0.717, 1.165) is 83.9 Å². The van der Waals surface area contributed by atoms with E-state index in [1.165, 1.54) is 0 Å². The third kappa shape index (κ3) is 3.23. The summed E-state index contributed by atoms with van der Waals surface area (Å²) in [4.78, 5) is 15.5. The highest BCUT2D eigenvalue weighted by Gasteiger charge is 2.20. The Balaban J connectivity index is 1.25. The van der Waals surface area contributed by atoms with Gasteiger partial charge in [-0.1, -0.05) is 60.7 Å². The molecule has 5 heterocycles. The number of rotatable bonds is 2. The lowest BCUT2D eigenvalue weighted by Crippen LogP contribution is -2.03. The fourth-order valence-electron chi connectivity index (χ4n) is 7.32. The van der Waals surface area contributed by atoms with Gasteiger partial charge in [-0.15, -0.1) is 0 Å². The molecule has 0 bridgehead atoms. The van der Waals surface area contributed by atoms with E-state index >= 15 is 0 Å². The molecular weight excluding hydrogens is 580 g/mol. The van der Waals surface area contributed by atoms with Crippen LogP contribution in [0.1, 0.15) is 0 Å². The van der Waals surface area contributed by atoms with E-state index < -0.39 is 0 Å². The fraction of sp³-hybridized carbons (Fsp3) is 0. The summed E-state index contributed by atoms with van der Waals surface area (Å²) in [5.41, 5.74) is 12.3. The van der Waals surface area contributed by atoms with Gasteiger partial charge in [0.05, 0.1) is 60.9 Å². The van der Waals surface area contributed by atoms with Crippen LogP contribution in [0.5, 0.6) is 0 Å². The molecule has 0 radical (unpaired) electrons. The molecular formula is C39H24N8. The highest BCUT2D eigenvalue weighted by molar-refractivity contribution is 5.94. The molecule has 220 valence electrons. The Hall–Kier alpha value is -6.67. The van der Waals surface area contributed by atoms with Crippen LogP contribution in [-0.4, -0.2) is 37.3 Å². The highest BCUT2D eigenvalue weighted by Crippen LogP contribution is 2.32. The van der Waals surface area contributed by atoms with E-state index in [4.69, 9.17) is 15.0 Å². The summed E-state index contributed by atoms with van der Waals surface area (Å²) >= 11 is 0. The van der Waals surface area contributed by atoms with Crippen molar-refractivity contribution < 1.29 is 0 Å². The number of fused-ring (bicyclic) bond motifs is 14. The van der Waals surface area contributed by atoms with Crippen LogP contribution < -0.4 is 0 Å². The van der Waals surface area contributed by atoms with Gasteiger partial charge in [-0.2, -0.15) is 0 Å². The van der Waals surface area contributed by atoms with Crippen LogP contribution in [0.4, 0.5) is 0 Å². The molecule has 0 fully saturated rings. The van der Waals surface area contributed by atoms with Crippen LogP contribution in [0.15, 0.2) is 146 Å². The smallest absolute Gasteiger partial charge is 0.223 e. The topological polar surface area (TPSA) is 61.8 Å². The van der Waals surface area contributed by atoms with Gasteiger partial charge in [-0.05, 0) is 84.9 Å². The first kappa shape index (κ1) is 24.6. The van der Waals surface area contributed by atoms with E-state index in [1.54, 1.807) is 0 Å². The van der Waals surface area contributed by atoms with E-state index in [2.05, 4.69) is 150 Å². The minimum absolute atomic E-state index is 0.786. The number of hydrogen-bond donors (Lipinski definition) is 0. The summed E-state index contributed by atoms with van der Waals surface area (Å²) in [6, 6.07) is 50.5. The van der Waals surface area contributed by atoms with Crippen LogP contribution in [0.25, 0.3) is 83.9 Å². The monoisotopic (exact) mass is 604 g/mol. The summed E-state index contributed by atoms with van der Waals surface area (Å²) in [6.45, 7) is 0. The molecule has 6 aromatic carbocycles. The molecule has 11 aromatic rings. The summed E-state index contributed by atoms with van der Waals surface area (Å²) in [5, 5.41) is 0. The average Bonchev–Trinajstić information content (AvgIpc) is 3.86. The third-order valence-electron chi connectivity index (χ3n) is 9.32. The molecule has 8 heteroatoms. The van der Waals surface area contributed by atoms with Gasteiger partial charge in [-0.25, -0.2) is 19.5 Å². The Morgan fingerprint density at radius 3 is 1.00 bits per heavy atom. The number of aromatic nitrogens is 8. The molecule has 0 saturated carbocycles. The van der Waals surface area contributed by atoms with Crippen molar-refractivity contribution in [2.45, 2.75) is 0 Å². The molecule has 8 nitrogen and oxygen atoms in total. The minimum atomic E-state index is 0.786. The summed E-state index contributed by atoms with van der Waals surface area (Å²) in [6.07, 6.45) is 0. The van der Waals surface area contributed by atoms with Crippen molar-refractivity contribution in [2.24, 2.45) is 0 Å². The van der Waals surface area contributed by atoms with Gasteiger partial charge < -0.3 is 0 Å². The lowest BCUT2D eigenvalue weighted by Gasteiger charge is -2.10. The lowest BCUT2D eigenvalue weighted by molar-refractivity contribution is 1.02. The first-order chi connectivity index (χ1) is 23.3. The zero-order valence-electron chi connectivity index (χ0n) is 24.9. The van der Waals surface area contributed by atoms with Crippen molar-refractivity contribution in [1.82, 2.24) is 37.3 Å². The maximum Gasteiger partial charge on any atom is 0.223 e. The second-order valence-corrected chi connectivity index (χ2v) is 11.9. The van der Waals surface area contributed by atoms with Gasteiger partial charge in [0.1, 0.15) is 0 Å². The maximum absolute atomic E-state index is 5.23. The van der Waals surface area contributed by atoms with Crippen molar-refractivity contribution in [3.63, 3.8) is 0 Å². The molecule has 0 N–H and O–H groups in total. The zero-order valence-corrected chi connectivity index (χ0v) is 24.9. The number of para-hydroxylation sites is 10. The molecule has 0 spiro atoms. The van der Waals surface area contributed by atoms with Gasteiger partial charge in [0, 0.05) is 5.69 Å². The first-order valence-corrected chi connectivity index (χ1v) is 15.7. The van der Waals surface area contributed by atoms with Crippen LogP contribution in [0.3, 0.4) is 0 Å². The van der Waals surface area contributed by atoms with Crippen molar-refractivity contribution in [1.29, 1.82) is 0 Å². The Kier molecular flexibility index (Phi) is 4.69. The Morgan fingerprint density at radius 1 is 0.277 bits per heavy atom. The van der Waals surface area contributed by atoms with Crippen molar-refractivity contribution >= 4 is 72.5 Å². The molecule has 0 aliphatic carbocycles. The Bertz CT molecular complexity index is 2960. The number of imidazole rings is 4. The molecule has 0 aliphatic heterocycles. The summed E-state index contributed by atoms with van der Waals surface area (Å²) < 4.78 is 11.2. The lowest BCUT2D eigenvalue weighted by atomic mass is 10.2. The molecule has 0 saturated heterocycles. The van der Waals surface area contributed by atoms with Crippen LogP contribution >= 0.6 is 0 Å². The molecule has 0 unspecified atom stereocenters. The molecule has 0 aliphatic rings. The number of hydrogen-bond acceptors (Lipinski definition) is 3. The van der Waals surface area contributed by atoms with E-state index in [0.29, 0.717) is 0 Å². The van der Waals surface area contributed by atoms with Crippen molar-refractivity contribution in [3.8, 4) is 11.4 Å². The van der Waals surface area contributed by atoms with Crippen molar-refractivity contribution in [2.75, 3.05) is 0 Å². The molecule has 0 atom stereocenters. The summed E-state index contributed by atoms with van der Waals surface area (Å²) in [7, 11) is 0. The second-order valence-electron chi connectivity index (χ2n) is 11.9. The van der Waals surface area contributed by atoms with E-state index in [-0.39, 0.29) is 0 Å². The Labute approximate surface area is 266 Å². The van der Waals surface area contributed by atoms with Gasteiger partial charge in [-0.3, -0.25) is 17.8 Å². The largest absolute Gasteiger partial charge is 0.278 e. The summed E-state index contributed by atoms with van der Waals surface area (Å²) in [5.74, 6) is 2.46. The van der Waals surface area contributed by atoms with Gasteiger partial charge in [0.15, 0.2) is 0 Å². The van der Waals surface area contributed by atoms with Gasteiger partial charge in [0.25, 0.3) is 0 Å². The predicted octanol–water partition coefficient (Wildman–Crippen LogP) is 8.54.